The molecule has 4 rings (SSSR count). The summed E-state index contributed by atoms with van der Waals surface area (Å²) in [5, 5.41) is 4.22. The molecule has 31 heavy (non-hydrogen) atoms. The van der Waals surface area contributed by atoms with E-state index in [1.54, 1.807) is 24.3 Å². The van der Waals surface area contributed by atoms with Gasteiger partial charge in [-0.05, 0) is 77.4 Å². The smallest absolute Gasteiger partial charge is 0.365 e. The molecule has 0 atom stereocenters. The third-order valence-electron chi connectivity index (χ3n) is 6.51. The van der Waals surface area contributed by atoms with Gasteiger partial charge in [0, 0.05) is 11.1 Å². The molecule has 0 aromatic heterocycles. The Morgan fingerprint density at radius 2 is 1.52 bits per heavy atom. The number of fused-ring (bicyclic) bond motifs is 3. The Bertz CT molecular complexity index is 1150. The van der Waals surface area contributed by atoms with Crippen LogP contribution >= 0.6 is 0 Å². The zero-order chi connectivity index (χ0) is 22.0. The molecule has 0 saturated heterocycles. The lowest BCUT2D eigenvalue weighted by Gasteiger charge is -2.30. The number of nitrogen functional groups attached to an aromatic ring is 1. The standard InChI is InChI=1S/C27H28N2O2/c1-4-25(29-31-26(30)18-10-8-7-9-11-18)19-12-14-21-22-15-13-20(28)17-24(22)27(5-2,6-3)23(21)16-19/h7-17H,4-6,28H2,1-3H3/b29-25+. The minimum atomic E-state index is -0.452. The van der Waals surface area contributed by atoms with Gasteiger partial charge in [0.2, 0.25) is 0 Å². The molecular weight excluding hydrogens is 384 g/mol. The van der Waals surface area contributed by atoms with E-state index in [0.29, 0.717) is 12.0 Å². The Balaban J connectivity index is 1.73. The number of carbonyl (C=O) groups excluding carboxylic acids is 1. The van der Waals surface area contributed by atoms with Crippen molar-refractivity contribution in [2.75, 3.05) is 5.73 Å². The molecule has 0 radical (unpaired) electrons. The van der Waals surface area contributed by atoms with E-state index < -0.39 is 5.97 Å². The van der Waals surface area contributed by atoms with Gasteiger partial charge in [0.05, 0.1) is 11.3 Å². The van der Waals surface area contributed by atoms with Crippen molar-refractivity contribution in [3.8, 4) is 11.1 Å². The van der Waals surface area contributed by atoms with Crippen LogP contribution in [0.4, 0.5) is 5.69 Å². The molecule has 0 unspecified atom stereocenters. The fourth-order valence-corrected chi connectivity index (χ4v) is 4.75. The van der Waals surface area contributed by atoms with Gasteiger partial charge in [0.25, 0.3) is 0 Å². The lowest BCUT2D eigenvalue weighted by molar-refractivity contribution is 0.0516. The molecular formula is C27H28N2O2. The largest absolute Gasteiger partial charge is 0.399 e. The van der Waals surface area contributed by atoms with Gasteiger partial charge in [-0.3, -0.25) is 0 Å². The summed E-state index contributed by atoms with van der Waals surface area (Å²) in [5.74, 6) is -0.452. The van der Waals surface area contributed by atoms with Crippen LogP contribution in [0.5, 0.6) is 0 Å². The van der Waals surface area contributed by atoms with E-state index >= 15 is 0 Å². The Morgan fingerprint density at radius 3 is 2.16 bits per heavy atom. The van der Waals surface area contributed by atoms with E-state index in [1.807, 2.05) is 19.1 Å². The number of carbonyl (C=O) groups is 1. The Morgan fingerprint density at radius 1 is 0.871 bits per heavy atom. The van der Waals surface area contributed by atoms with Crippen LogP contribution in [-0.2, 0) is 10.3 Å². The molecule has 4 heteroatoms. The number of hydrogen-bond donors (Lipinski definition) is 1. The molecule has 0 fully saturated rings. The molecule has 0 spiro atoms. The molecule has 3 aromatic carbocycles. The number of hydrogen-bond acceptors (Lipinski definition) is 4. The summed E-state index contributed by atoms with van der Waals surface area (Å²) in [6.07, 6.45) is 2.63. The van der Waals surface area contributed by atoms with Crippen molar-refractivity contribution in [3.05, 3.63) is 89.0 Å². The topological polar surface area (TPSA) is 64.7 Å². The Kier molecular flexibility index (Phi) is 5.64. The summed E-state index contributed by atoms with van der Waals surface area (Å²) < 4.78 is 0. The van der Waals surface area contributed by atoms with E-state index in [1.165, 1.54) is 22.3 Å². The van der Waals surface area contributed by atoms with Crippen LogP contribution in [0.2, 0.25) is 0 Å². The third kappa shape index (κ3) is 3.52. The van der Waals surface area contributed by atoms with E-state index in [-0.39, 0.29) is 5.41 Å². The van der Waals surface area contributed by atoms with Crippen molar-refractivity contribution in [2.45, 2.75) is 45.4 Å². The number of benzene rings is 3. The zero-order valence-corrected chi connectivity index (χ0v) is 18.3. The molecule has 158 valence electrons. The number of nitrogens with zero attached hydrogens (tertiary/aromatic N) is 1. The van der Waals surface area contributed by atoms with Gasteiger partial charge in [-0.1, -0.05) is 62.3 Å². The maximum Gasteiger partial charge on any atom is 0.365 e. The molecule has 0 amide bonds. The predicted octanol–water partition coefficient (Wildman–Crippen LogP) is 6.33. The van der Waals surface area contributed by atoms with Crippen molar-refractivity contribution < 1.29 is 9.63 Å². The quantitative estimate of drug-likeness (QED) is 0.223. The molecule has 1 aliphatic rings. The highest BCUT2D eigenvalue weighted by molar-refractivity contribution is 6.02. The first-order valence-electron chi connectivity index (χ1n) is 10.9. The second kappa shape index (κ2) is 8.38. The summed E-state index contributed by atoms with van der Waals surface area (Å²) in [6, 6.07) is 21.6. The fourth-order valence-electron chi connectivity index (χ4n) is 4.75. The second-order valence-electron chi connectivity index (χ2n) is 7.99. The molecule has 0 aliphatic heterocycles. The number of anilines is 1. The first kappa shape index (κ1) is 20.9. The van der Waals surface area contributed by atoms with Crippen molar-refractivity contribution in [1.29, 1.82) is 0 Å². The highest BCUT2D eigenvalue weighted by Gasteiger charge is 2.40. The van der Waals surface area contributed by atoms with Crippen LogP contribution in [0, 0.1) is 0 Å². The van der Waals surface area contributed by atoms with Crippen LogP contribution in [0.3, 0.4) is 0 Å². The van der Waals surface area contributed by atoms with E-state index in [4.69, 9.17) is 10.6 Å². The van der Waals surface area contributed by atoms with Gasteiger partial charge in [0.15, 0.2) is 0 Å². The minimum Gasteiger partial charge on any atom is -0.399 e. The molecule has 3 aromatic rings. The van der Waals surface area contributed by atoms with Gasteiger partial charge in [-0.25, -0.2) is 4.79 Å². The maximum absolute atomic E-state index is 12.3. The van der Waals surface area contributed by atoms with Crippen LogP contribution in [0.25, 0.3) is 11.1 Å². The van der Waals surface area contributed by atoms with Gasteiger partial charge < -0.3 is 10.6 Å². The lowest BCUT2D eigenvalue weighted by atomic mass is 9.73. The summed E-state index contributed by atoms with van der Waals surface area (Å²) in [6.45, 7) is 6.48. The number of oxime groups is 1. The first-order valence-corrected chi connectivity index (χ1v) is 10.9. The van der Waals surface area contributed by atoms with Crippen molar-refractivity contribution in [3.63, 3.8) is 0 Å². The second-order valence-corrected chi connectivity index (χ2v) is 7.99. The Labute approximate surface area is 183 Å². The highest BCUT2D eigenvalue weighted by atomic mass is 16.7. The maximum atomic E-state index is 12.3. The van der Waals surface area contributed by atoms with Crippen LogP contribution in [-0.4, -0.2) is 11.7 Å². The lowest BCUT2D eigenvalue weighted by Crippen LogP contribution is -2.23. The molecule has 0 saturated carbocycles. The Hall–Kier alpha value is -3.40. The van der Waals surface area contributed by atoms with Gasteiger partial charge in [-0.15, -0.1) is 0 Å². The van der Waals surface area contributed by atoms with Crippen LogP contribution in [0.15, 0.2) is 71.9 Å². The number of nitrogens with two attached hydrogens (primary N) is 1. The zero-order valence-electron chi connectivity index (χ0n) is 18.3. The van der Waals surface area contributed by atoms with Gasteiger partial charge >= 0.3 is 5.97 Å². The summed E-state index contributed by atoms with van der Waals surface area (Å²) in [7, 11) is 0. The average Bonchev–Trinajstić information content (AvgIpc) is 3.08. The summed E-state index contributed by atoms with van der Waals surface area (Å²) >= 11 is 0. The monoisotopic (exact) mass is 412 g/mol. The SMILES string of the molecule is CC/C(=N\OC(=O)c1ccccc1)c1ccc2c(c1)C(CC)(CC)c1cc(N)ccc1-2. The van der Waals surface area contributed by atoms with Crippen molar-refractivity contribution in [1.82, 2.24) is 0 Å². The van der Waals surface area contributed by atoms with E-state index in [9.17, 15) is 4.79 Å². The summed E-state index contributed by atoms with van der Waals surface area (Å²) in [4.78, 5) is 17.6. The molecule has 4 nitrogen and oxygen atoms in total. The predicted molar refractivity (Wildman–Crippen MR) is 126 cm³/mol. The molecule has 2 N–H and O–H groups in total. The third-order valence-corrected chi connectivity index (χ3v) is 6.51. The fraction of sp³-hybridized carbons (Fsp3) is 0.259. The van der Waals surface area contributed by atoms with Crippen LogP contribution in [0.1, 0.15) is 67.1 Å². The first-order chi connectivity index (χ1) is 15.0. The van der Waals surface area contributed by atoms with E-state index in [0.717, 1.165) is 29.8 Å². The minimum absolute atomic E-state index is 0.0738. The molecule has 0 bridgehead atoms. The average molecular weight is 413 g/mol. The van der Waals surface area contributed by atoms with Gasteiger partial charge in [0.1, 0.15) is 0 Å². The van der Waals surface area contributed by atoms with Crippen molar-refractivity contribution >= 4 is 17.4 Å². The van der Waals surface area contributed by atoms with Crippen LogP contribution < -0.4 is 5.73 Å². The normalized spacial score (nSPS) is 14.1. The highest BCUT2D eigenvalue weighted by Crippen LogP contribution is 2.53. The molecule has 0 heterocycles. The van der Waals surface area contributed by atoms with Gasteiger partial charge in [-0.2, -0.15) is 0 Å². The van der Waals surface area contributed by atoms with E-state index in [2.05, 4.69) is 49.3 Å². The number of rotatable bonds is 6. The molecule has 1 aliphatic carbocycles. The van der Waals surface area contributed by atoms with Crippen molar-refractivity contribution in [2.24, 2.45) is 5.16 Å². The summed E-state index contributed by atoms with van der Waals surface area (Å²) in [5.41, 5.74) is 14.2.